The topological polar surface area (TPSA) is 55.7 Å². The van der Waals surface area contributed by atoms with Gasteiger partial charge in [0.15, 0.2) is 0 Å². The molecule has 0 aliphatic rings. The van der Waals surface area contributed by atoms with Gasteiger partial charge in [0, 0.05) is 18.6 Å². The van der Waals surface area contributed by atoms with Crippen LogP contribution in [0.1, 0.15) is 27.2 Å². The van der Waals surface area contributed by atoms with Crippen molar-refractivity contribution in [3.05, 3.63) is 53.4 Å². The normalized spacial score (nSPS) is 10.1. The SMILES string of the molecule is Cc1cnc(C(=O)c2cncnc2)c(C)c1. The molecule has 16 heavy (non-hydrogen) atoms. The number of hydrogen-bond acceptors (Lipinski definition) is 4. The molecule has 0 aliphatic heterocycles. The molecule has 0 aromatic carbocycles. The lowest BCUT2D eigenvalue weighted by atomic mass is 10.1. The Bertz CT molecular complexity index is 523. The predicted octanol–water partition coefficient (Wildman–Crippen LogP) is 1.72. The molecule has 0 N–H and O–H groups in total. The van der Waals surface area contributed by atoms with E-state index in [1.165, 1.54) is 18.7 Å². The molecule has 0 unspecified atom stereocenters. The summed E-state index contributed by atoms with van der Waals surface area (Å²) in [5.74, 6) is -0.141. The fourth-order valence-corrected chi connectivity index (χ4v) is 1.51. The smallest absolute Gasteiger partial charge is 0.214 e. The lowest BCUT2D eigenvalue weighted by Crippen LogP contribution is -2.07. The Balaban J connectivity index is 2.42. The first-order valence-corrected chi connectivity index (χ1v) is 4.91. The number of hydrogen-bond donors (Lipinski definition) is 0. The maximum Gasteiger partial charge on any atom is 0.214 e. The number of aryl methyl sites for hydroxylation is 2. The van der Waals surface area contributed by atoms with E-state index in [1.807, 2.05) is 19.9 Å². The van der Waals surface area contributed by atoms with Crippen molar-refractivity contribution < 1.29 is 4.79 Å². The minimum Gasteiger partial charge on any atom is -0.287 e. The van der Waals surface area contributed by atoms with Gasteiger partial charge in [-0.3, -0.25) is 9.78 Å². The lowest BCUT2D eigenvalue weighted by Gasteiger charge is -2.03. The van der Waals surface area contributed by atoms with E-state index in [2.05, 4.69) is 15.0 Å². The molecule has 2 rings (SSSR count). The molecule has 0 fully saturated rings. The van der Waals surface area contributed by atoms with E-state index < -0.39 is 0 Å². The average molecular weight is 213 g/mol. The summed E-state index contributed by atoms with van der Waals surface area (Å²) in [6, 6.07) is 1.93. The summed E-state index contributed by atoms with van der Waals surface area (Å²) in [7, 11) is 0. The molecule has 4 nitrogen and oxygen atoms in total. The minimum atomic E-state index is -0.141. The summed E-state index contributed by atoms with van der Waals surface area (Å²) in [5.41, 5.74) is 2.83. The van der Waals surface area contributed by atoms with Gasteiger partial charge >= 0.3 is 0 Å². The lowest BCUT2D eigenvalue weighted by molar-refractivity contribution is 0.103. The van der Waals surface area contributed by atoms with Crippen molar-refractivity contribution in [2.75, 3.05) is 0 Å². The Kier molecular flexibility index (Phi) is 2.72. The summed E-state index contributed by atoms with van der Waals surface area (Å²) in [4.78, 5) is 23.8. The molecule has 2 heterocycles. The highest BCUT2D eigenvalue weighted by molar-refractivity contribution is 6.08. The zero-order valence-electron chi connectivity index (χ0n) is 9.14. The highest BCUT2D eigenvalue weighted by Gasteiger charge is 2.13. The number of aromatic nitrogens is 3. The highest BCUT2D eigenvalue weighted by atomic mass is 16.1. The van der Waals surface area contributed by atoms with Crippen LogP contribution < -0.4 is 0 Å². The van der Waals surface area contributed by atoms with Gasteiger partial charge in [0.05, 0.1) is 5.56 Å². The first-order chi connectivity index (χ1) is 7.68. The molecule has 0 bridgehead atoms. The van der Waals surface area contributed by atoms with Crippen molar-refractivity contribution >= 4 is 5.78 Å². The van der Waals surface area contributed by atoms with Crippen LogP contribution in [0.25, 0.3) is 0 Å². The second-order valence-corrected chi connectivity index (χ2v) is 3.63. The first-order valence-electron chi connectivity index (χ1n) is 4.91. The van der Waals surface area contributed by atoms with Crippen LogP contribution in [0.4, 0.5) is 0 Å². The Morgan fingerprint density at radius 3 is 2.44 bits per heavy atom. The van der Waals surface area contributed by atoms with Gasteiger partial charge in [-0.15, -0.1) is 0 Å². The van der Waals surface area contributed by atoms with Gasteiger partial charge in [0.2, 0.25) is 5.78 Å². The number of rotatable bonds is 2. The van der Waals surface area contributed by atoms with Crippen LogP contribution in [0.3, 0.4) is 0 Å². The number of pyridine rings is 1. The molecule has 0 radical (unpaired) electrons. The second kappa shape index (κ2) is 4.18. The average Bonchev–Trinajstić information content (AvgIpc) is 2.29. The van der Waals surface area contributed by atoms with Crippen LogP contribution >= 0.6 is 0 Å². The maximum absolute atomic E-state index is 12.0. The van der Waals surface area contributed by atoms with Crippen molar-refractivity contribution in [2.24, 2.45) is 0 Å². The Hall–Kier alpha value is -2.10. The molecule has 4 heteroatoms. The molecule has 0 atom stereocenters. The van der Waals surface area contributed by atoms with Crippen LogP contribution in [0.5, 0.6) is 0 Å². The van der Waals surface area contributed by atoms with Crippen molar-refractivity contribution in [3.8, 4) is 0 Å². The highest BCUT2D eigenvalue weighted by Crippen LogP contribution is 2.11. The third kappa shape index (κ3) is 1.95. The zero-order valence-corrected chi connectivity index (χ0v) is 9.14. The van der Waals surface area contributed by atoms with Crippen LogP contribution in [-0.4, -0.2) is 20.7 Å². The van der Waals surface area contributed by atoms with E-state index in [-0.39, 0.29) is 5.78 Å². The molecule has 0 saturated carbocycles. The minimum absolute atomic E-state index is 0.141. The second-order valence-electron chi connectivity index (χ2n) is 3.63. The third-order valence-corrected chi connectivity index (χ3v) is 2.25. The van der Waals surface area contributed by atoms with Gasteiger partial charge in [0.1, 0.15) is 12.0 Å². The monoisotopic (exact) mass is 213 g/mol. The van der Waals surface area contributed by atoms with Crippen LogP contribution in [0.2, 0.25) is 0 Å². The van der Waals surface area contributed by atoms with Crippen molar-refractivity contribution in [2.45, 2.75) is 13.8 Å². The molecule has 2 aromatic rings. The quantitative estimate of drug-likeness (QED) is 0.713. The van der Waals surface area contributed by atoms with Crippen LogP contribution in [0, 0.1) is 13.8 Å². The van der Waals surface area contributed by atoms with E-state index in [0.29, 0.717) is 11.3 Å². The molecule has 2 aromatic heterocycles. The van der Waals surface area contributed by atoms with Gasteiger partial charge in [-0.2, -0.15) is 0 Å². The standard InChI is InChI=1S/C12H11N3O/c1-8-3-9(2)11(15-4-8)12(16)10-5-13-7-14-6-10/h3-7H,1-2H3. The van der Waals surface area contributed by atoms with Crippen LogP contribution in [-0.2, 0) is 0 Å². The summed E-state index contributed by atoms with van der Waals surface area (Å²) in [5, 5.41) is 0. The molecule has 0 aliphatic carbocycles. The van der Waals surface area contributed by atoms with Crippen molar-refractivity contribution in [1.82, 2.24) is 15.0 Å². The zero-order chi connectivity index (χ0) is 11.5. The van der Waals surface area contributed by atoms with Gasteiger partial charge in [-0.1, -0.05) is 6.07 Å². The van der Waals surface area contributed by atoms with Gasteiger partial charge in [-0.05, 0) is 25.0 Å². The Morgan fingerprint density at radius 2 is 1.81 bits per heavy atom. The summed E-state index contributed by atoms with van der Waals surface area (Å²) in [6.07, 6.45) is 6.07. The number of ketones is 1. The molecular formula is C12H11N3O. The van der Waals surface area contributed by atoms with Gasteiger partial charge in [0.25, 0.3) is 0 Å². The largest absolute Gasteiger partial charge is 0.287 e. The first kappa shape index (κ1) is 10.4. The van der Waals surface area contributed by atoms with E-state index in [0.717, 1.165) is 11.1 Å². The van der Waals surface area contributed by atoms with Crippen molar-refractivity contribution in [3.63, 3.8) is 0 Å². The van der Waals surface area contributed by atoms with Crippen LogP contribution in [0.15, 0.2) is 31.0 Å². The molecular weight excluding hydrogens is 202 g/mol. The van der Waals surface area contributed by atoms with E-state index >= 15 is 0 Å². The fourth-order valence-electron chi connectivity index (χ4n) is 1.51. The molecule has 0 saturated heterocycles. The van der Waals surface area contributed by atoms with Gasteiger partial charge < -0.3 is 0 Å². The third-order valence-electron chi connectivity index (χ3n) is 2.25. The number of carbonyl (C=O) groups is 1. The van der Waals surface area contributed by atoms with E-state index in [1.54, 1.807) is 6.20 Å². The molecule has 0 spiro atoms. The molecule has 0 amide bonds. The molecule has 80 valence electrons. The Labute approximate surface area is 93.4 Å². The van der Waals surface area contributed by atoms with Crippen molar-refractivity contribution in [1.29, 1.82) is 0 Å². The summed E-state index contributed by atoms with van der Waals surface area (Å²) >= 11 is 0. The maximum atomic E-state index is 12.0. The number of carbonyl (C=O) groups excluding carboxylic acids is 1. The Morgan fingerprint density at radius 1 is 1.12 bits per heavy atom. The van der Waals surface area contributed by atoms with Gasteiger partial charge in [-0.25, -0.2) is 9.97 Å². The fraction of sp³-hybridized carbons (Fsp3) is 0.167. The summed E-state index contributed by atoms with van der Waals surface area (Å²) < 4.78 is 0. The predicted molar refractivity (Wildman–Crippen MR) is 59.2 cm³/mol. The number of nitrogens with zero attached hydrogens (tertiary/aromatic N) is 3. The van der Waals surface area contributed by atoms with E-state index in [4.69, 9.17) is 0 Å². The van der Waals surface area contributed by atoms with E-state index in [9.17, 15) is 4.79 Å². The summed E-state index contributed by atoms with van der Waals surface area (Å²) in [6.45, 7) is 3.82.